The lowest BCUT2D eigenvalue weighted by molar-refractivity contribution is 0.102. The number of benzene rings is 1. The van der Waals surface area contributed by atoms with Crippen LogP contribution in [0, 0.1) is 6.07 Å². The van der Waals surface area contributed by atoms with Gasteiger partial charge in [-0.2, -0.15) is 4.98 Å². The van der Waals surface area contributed by atoms with E-state index in [0.29, 0.717) is 0 Å². The number of anilines is 1. The molecular formula is C13H8ClN4O3. The second-order valence-corrected chi connectivity index (χ2v) is 4.50. The molecule has 0 aliphatic carbocycles. The Morgan fingerprint density at radius 2 is 2.33 bits per heavy atom. The van der Waals surface area contributed by atoms with E-state index in [9.17, 15) is 14.7 Å². The molecule has 0 aliphatic heterocycles. The van der Waals surface area contributed by atoms with Gasteiger partial charge in [0.2, 0.25) is 11.7 Å². The standard InChI is InChI=1S/C13H8ClN4O3/c14-7-3-1-2-4-8(7)16-10(19)9-11(20)17-13-15-5-6-18(13)12(9)21/h1-2,4-6,20H,(H,15,17)(H,16,19). The first-order valence-corrected chi connectivity index (χ1v) is 6.22. The van der Waals surface area contributed by atoms with Crippen molar-refractivity contribution in [3.8, 4) is 5.88 Å². The van der Waals surface area contributed by atoms with Crippen LogP contribution in [0.2, 0.25) is 5.02 Å². The summed E-state index contributed by atoms with van der Waals surface area (Å²) >= 11 is 5.88. The molecule has 2 aromatic heterocycles. The first-order valence-electron chi connectivity index (χ1n) is 5.84. The summed E-state index contributed by atoms with van der Waals surface area (Å²) in [4.78, 5) is 30.7. The Hall–Kier alpha value is -2.80. The SMILES string of the molecule is O=C(Nc1ccc[c]c1Cl)c1c(O)nc2[nH]ccn2c1=O. The van der Waals surface area contributed by atoms with Crippen molar-refractivity contribution in [2.75, 3.05) is 5.32 Å². The van der Waals surface area contributed by atoms with E-state index in [1.807, 2.05) is 0 Å². The van der Waals surface area contributed by atoms with Crippen molar-refractivity contribution >= 4 is 29.0 Å². The van der Waals surface area contributed by atoms with Gasteiger partial charge in [0.05, 0.1) is 10.7 Å². The lowest BCUT2D eigenvalue weighted by atomic mass is 10.2. The Labute approximate surface area is 122 Å². The van der Waals surface area contributed by atoms with Gasteiger partial charge in [0, 0.05) is 18.5 Å². The maximum absolute atomic E-state index is 12.2. The lowest BCUT2D eigenvalue weighted by Crippen LogP contribution is -2.26. The van der Waals surface area contributed by atoms with E-state index in [2.05, 4.69) is 21.4 Å². The third-order valence-corrected chi connectivity index (χ3v) is 3.13. The van der Waals surface area contributed by atoms with Crippen LogP contribution in [0.5, 0.6) is 5.88 Å². The van der Waals surface area contributed by atoms with Crippen LogP contribution in [0.4, 0.5) is 5.69 Å². The Morgan fingerprint density at radius 3 is 3.10 bits per heavy atom. The summed E-state index contributed by atoms with van der Waals surface area (Å²) in [5, 5.41) is 12.4. The summed E-state index contributed by atoms with van der Waals surface area (Å²) in [6.07, 6.45) is 2.87. The van der Waals surface area contributed by atoms with Crippen LogP contribution in [0.3, 0.4) is 0 Å². The Kier molecular flexibility index (Phi) is 3.11. The second-order valence-electron chi connectivity index (χ2n) is 4.12. The molecule has 2 heterocycles. The first kappa shape index (κ1) is 13.2. The number of nitrogens with one attached hydrogen (secondary N) is 2. The number of aromatic amines is 1. The lowest BCUT2D eigenvalue weighted by Gasteiger charge is -2.07. The molecule has 1 amide bonds. The Bertz CT molecular complexity index is 900. The highest BCUT2D eigenvalue weighted by Crippen LogP contribution is 2.21. The zero-order valence-electron chi connectivity index (χ0n) is 10.4. The molecule has 21 heavy (non-hydrogen) atoms. The van der Waals surface area contributed by atoms with Crippen molar-refractivity contribution in [1.82, 2.24) is 14.4 Å². The van der Waals surface area contributed by atoms with E-state index in [4.69, 9.17) is 11.6 Å². The molecule has 0 bridgehead atoms. The maximum atomic E-state index is 12.2. The van der Waals surface area contributed by atoms with Crippen LogP contribution >= 0.6 is 11.6 Å². The Morgan fingerprint density at radius 1 is 1.52 bits per heavy atom. The van der Waals surface area contributed by atoms with E-state index in [-0.39, 0.29) is 16.5 Å². The molecule has 8 heteroatoms. The van der Waals surface area contributed by atoms with Gasteiger partial charge in [-0.1, -0.05) is 23.7 Å². The number of H-pyrrole nitrogens is 1. The topological polar surface area (TPSA) is 99.5 Å². The fourth-order valence-electron chi connectivity index (χ4n) is 1.85. The fraction of sp³-hybridized carbons (Fsp3) is 0. The zero-order chi connectivity index (χ0) is 15.0. The minimum absolute atomic E-state index is 0.139. The van der Waals surface area contributed by atoms with Gasteiger partial charge in [-0.25, -0.2) is 0 Å². The van der Waals surface area contributed by atoms with Crippen molar-refractivity contribution in [2.24, 2.45) is 0 Å². The van der Waals surface area contributed by atoms with Crippen LogP contribution in [0.1, 0.15) is 10.4 Å². The normalized spacial score (nSPS) is 10.7. The Balaban J connectivity index is 2.06. The summed E-state index contributed by atoms with van der Waals surface area (Å²) in [7, 11) is 0. The highest BCUT2D eigenvalue weighted by atomic mass is 35.5. The van der Waals surface area contributed by atoms with Gasteiger partial charge in [-0.05, 0) is 6.07 Å². The van der Waals surface area contributed by atoms with E-state index in [1.165, 1.54) is 12.4 Å². The fourth-order valence-corrected chi connectivity index (χ4v) is 2.02. The third kappa shape index (κ3) is 2.23. The summed E-state index contributed by atoms with van der Waals surface area (Å²) in [6, 6.07) is 7.45. The number of hydrogen-bond donors (Lipinski definition) is 3. The van der Waals surface area contributed by atoms with Crippen molar-refractivity contribution in [2.45, 2.75) is 0 Å². The number of imidazole rings is 1. The van der Waals surface area contributed by atoms with Gasteiger partial charge in [0.1, 0.15) is 0 Å². The summed E-state index contributed by atoms with van der Waals surface area (Å²) in [6.45, 7) is 0. The minimum atomic E-state index is -0.804. The van der Waals surface area contributed by atoms with Crippen LogP contribution in [-0.4, -0.2) is 25.4 Å². The summed E-state index contributed by atoms with van der Waals surface area (Å²) in [5.74, 6) is -1.32. The molecule has 0 unspecified atom stereocenters. The molecule has 3 rings (SSSR count). The number of hydrogen-bond acceptors (Lipinski definition) is 4. The number of aromatic nitrogens is 3. The molecular weight excluding hydrogens is 296 g/mol. The number of amides is 1. The number of carbonyl (C=O) groups excluding carboxylic acids is 1. The molecule has 0 saturated carbocycles. The van der Waals surface area contributed by atoms with E-state index >= 15 is 0 Å². The van der Waals surface area contributed by atoms with Crippen LogP contribution in [0.15, 0.2) is 35.4 Å². The number of rotatable bonds is 2. The van der Waals surface area contributed by atoms with E-state index < -0.39 is 22.9 Å². The van der Waals surface area contributed by atoms with Crippen molar-refractivity contribution in [3.05, 3.63) is 57.6 Å². The van der Waals surface area contributed by atoms with E-state index in [1.54, 1.807) is 18.2 Å². The quantitative estimate of drug-likeness (QED) is 0.667. The van der Waals surface area contributed by atoms with Crippen LogP contribution < -0.4 is 10.9 Å². The summed E-state index contributed by atoms with van der Waals surface area (Å²) < 4.78 is 1.12. The predicted octanol–water partition coefficient (Wildman–Crippen LogP) is 1.43. The second kappa shape index (κ2) is 4.95. The molecule has 1 radical (unpaired) electrons. The largest absolute Gasteiger partial charge is 0.492 e. The smallest absolute Gasteiger partial charge is 0.275 e. The molecule has 105 valence electrons. The van der Waals surface area contributed by atoms with Gasteiger partial charge in [-0.15, -0.1) is 0 Å². The third-order valence-electron chi connectivity index (χ3n) is 2.81. The van der Waals surface area contributed by atoms with Gasteiger partial charge in [-0.3, -0.25) is 14.0 Å². The molecule has 3 aromatic rings. The number of aromatic hydroxyl groups is 1. The highest BCUT2D eigenvalue weighted by Gasteiger charge is 2.20. The number of nitrogens with zero attached hydrogens (tertiary/aromatic N) is 2. The average Bonchev–Trinajstić information content (AvgIpc) is 2.90. The first-order chi connectivity index (χ1) is 10.1. The highest BCUT2D eigenvalue weighted by molar-refractivity contribution is 6.33. The van der Waals surface area contributed by atoms with E-state index in [0.717, 1.165) is 4.40 Å². The van der Waals surface area contributed by atoms with Crippen molar-refractivity contribution in [1.29, 1.82) is 0 Å². The molecule has 0 atom stereocenters. The van der Waals surface area contributed by atoms with Gasteiger partial charge in [0.15, 0.2) is 5.56 Å². The van der Waals surface area contributed by atoms with Crippen molar-refractivity contribution in [3.63, 3.8) is 0 Å². The molecule has 0 fully saturated rings. The maximum Gasteiger partial charge on any atom is 0.275 e. The van der Waals surface area contributed by atoms with Crippen LogP contribution in [-0.2, 0) is 0 Å². The van der Waals surface area contributed by atoms with Gasteiger partial charge in [0.25, 0.3) is 11.5 Å². The molecule has 0 spiro atoms. The average molecular weight is 304 g/mol. The van der Waals surface area contributed by atoms with Crippen LogP contribution in [0.25, 0.3) is 5.78 Å². The minimum Gasteiger partial charge on any atom is -0.492 e. The number of carbonyl (C=O) groups is 1. The van der Waals surface area contributed by atoms with Gasteiger partial charge < -0.3 is 15.4 Å². The monoisotopic (exact) mass is 303 g/mol. The zero-order valence-corrected chi connectivity index (χ0v) is 11.2. The molecule has 0 aliphatic rings. The van der Waals surface area contributed by atoms with Crippen molar-refractivity contribution < 1.29 is 9.90 Å². The molecule has 0 saturated heterocycles. The molecule has 1 aromatic carbocycles. The number of fused-ring (bicyclic) bond motifs is 1. The predicted molar refractivity (Wildman–Crippen MR) is 75.7 cm³/mol. The van der Waals surface area contributed by atoms with Gasteiger partial charge >= 0.3 is 0 Å². The summed E-state index contributed by atoms with van der Waals surface area (Å²) in [5.41, 5.74) is -0.874. The molecule has 3 N–H and O–H groups in total. The molecule has 7 nitrogen and oxygen atoms in total. The number of halogens is 1.